The second kappa shape index (κ2) is 7.94. The predicted octanol–water partition coefficient (Wildman–Crippen LogP) is 1.19. The molecule has 26 heavy (non-hydrogen) atoms. The zero-order chi connectivity index (χ0) is 17.8. The molecule has 3 saturated heterocycles. The average molecular weight is 364 g/mol. The highest BCUT2D eigenvalue weighted by atomic mass is 16.5. The molecule has 0 aliphatic carbocycles. The Kier molecular flexibility index (Phi) is 5.42. The van der Waals surface area contributed by atoms with E-state index in [0.717, 1.165) is 32.3 Å². The van der Waals surface area contributed by atoms with Crippen molar-refractivity contribution in [3.8, 4) is 0 Å². The quantitative estimate of drug-likeness (QED) is 0.853. The minimum absolute atomic E-state index is 0.0333. The first-order valence-corrected chi connectivity index (χ1v) is 9.61. The number of amides is 2. The van der Waals surface area contributed by atoms with E-state index in [9.17, 15) is 4.79 Å². The van der Waals surface area contributed by atoms with Crippen molar-refractivity contribution in [1.29, 1.82) is 0 Å². The van der Waals surface area contributed by atoms with Crippen molar-refractivity contribution in [1.82, 2.24) is 20.0 Å². The van der Waals surface area contributed by atoms with E-state index in [-0.39, 0.29) is 23.7 Å². The lowest BCUT2D eigenvalue weighted by Gasteiger charge is -2.46. The molecule has 2 unspecified atom stereocenters. The summed E-state index contributed by atoms with van der Waals surface area (Å²) in [5.74, 6) is 0. The van der Waals surface area contributed by atoms with E-state index < -0.39 is 0 Å². The van der Waals surface area contributed by atoms with E-state index in [1.807, 2.05) is 21.8 Å². The van der Waals surface area contributed by atoms with Crippen LogP contribution in [0, 0.1) is 0 Å². The lowest BCUT2D eigenvalue weighted by Crippen LogP contribution is -2.61. The molecule has 8 nitrogen and oxygen atoms in total. The molecule has 2 amide bonds. The van der Waals surface area contributed by atoms with Gasteiger partial charge in [-0.05, 0) is 18.9 Å². The molecule has 1 aromatic heterocycles. The minimum Gasteiger partial charge on any atom is -0.381 e. The van der Waals surface area contributed by atoms with Gasteiger partial charge in [0.15, 0.2) is 0 Å². The first-order valence-electron chi connectivity index (χ1n) is 9.61. The van der Waals surface area contributed by atoms with E-state index in [2.05, 4.69) is 10.4 Å². The maximum atomic E-state index is 13.0. The summed E-state index contributed by atoms with van der Waals surface area (Å²) in [4.78, 5) is 14.9. The van der Waals surface area contributed by atoms with Crippen LogP contribution in [0.5, 0.6) is 0 Å². The third kappa shape index (κ3) is 3.72. The summed E-state index contributed by atoms with van der Waals surface area (Å²) >= 11 is 0. The number of nitrogens with zero attached hydrogens (tertiary/aromatic N) is 3. The zero-order valence-electron chi connectivity index (χ0n) is 15.1. The molecule has 0 saturated carbocycles. The Morgan fingerprint density at radius 1 is 1.19 bits per heavy atom. The van der Waals surface area contributed by atoms with Crippen LogP contribution in [0.2, 0.25) is 0 Å². The topological polar surface area (TPSA) is 77.9 Å². The van der Waals surface area contributed by atoms with Crippen LogP contribution in [-0.2, 0) is 14.2 Å². The normalized spacial score (nSPS) is 29.3. The Morgan fingerprint density at radius 2 is 2.08 bits per heavy atom. The smallest absolute Gasteiger partial charge is 0.317 e. The summed E-state index contributed by atoms with van der Waals surface area (Å²) < 4.78 is 19.2. The SMILES string of the molecule is O=C(NC1CCCOC12CCOCC2)N1CCOCC(n2cccn2)C1. The van der Waals surface area contributed by atoms with Crippen LogP contribution in [-0.4, -0.2) is 78.5 Å². The first kappa shape index (κ1) is 17.8. The van der Waals surface area contributed by atoms with E-state index in [0.29, 0.717) is 39.5 Å². The molecule has 8 heteroatoms. The maximum absolute atomic E-state index is 13.0. The van der Waals surface area contributed by atoms with Gasteiger partial charge in [0, 0.05) is 58.1 Å². The second-order valence-electron chi connectivity index (χ2n) is 7.33. The van der Waals surface area contributed by atoms with Gasteiger partial charge in [0.1, 0.15) is 0 Å². The number of urea groups is 1. The molecule has 144 valence electrons. The van der Waals surface area contributed by atoms with Crippen molar-refractivity contribution >= 4 is 6.03 Å². The number of nitrogens with one attached hydrogen (secondary N) is 1. The van der Waals surface area contributed by atoms with E-state index in [1.54, 1.807) is 6.20 Å². The van der Waals surface area contributed by atoms with E-state index in [4.69, 9.17) is 14.2 Å². The van der Waals surface area contributed by atoms with Gasteiger partial charge in [0.25, 0.3) is 0 Å². The highest BCUT2D eigenvalue weighted by molar-refractivity contribution is 5.74. The number of hydrogen-bond donors (Lipinski definition) is 1. The van der Waals surface area contributed by atoms with Gasteiger partial charge in [-0.15, -0.1) is 0 Å². The molecule has 4 rings (SSSR count). The van der Waals surface area contributed by atoms with Crippen LogP contribution in [0.3, 0.4) is 0 Å². The standard InChI is InChI=1S/C18H28N4O4/c23-17(20-16-3-1-9-26-18(16)4-10-24-11-5-18)21-8-12-25-14-15(13-21)22-7-2-6-19-22/h2,6-7,15-16H,1,3-5,8-14H2,(H,20,23). The number of carbonyl (C=O) groups excluding carboxylic acids is 1. The third-order valence-corrected chi connectivity index (χ3v) is 5.73. The van der Waals surface area contributed by atoms with Crippen LogP contribution in [0.25, 0.3) is 0 Å². The van der Waals surface area contributed by atoms with Gasteiger partial charge < -0.3 is 24.4 Å². The van der Waals surface area contributed by atoms with Gasteiger partial charge in [-0.3, -0.25) is 4.68 Å². The minimum atomic E-state index is -0.268. The van der Waals surface area contributed by atoms with Crippen molar-refractivity contribution in [3.05, 3.63) is 18.5 Å². The lowest BCUT2D eigenvalue weighted by molar-refractivity contribution is -0.148. The molecule has 3 fully saturated rings. The van der Waals surface area contributed by atoms with Crippen molar-refractivity contribution in [2.75, 3.05) is 46.1 Å². The molecule has 1 aromatic rings. The largest absolute Gasteiger partial charge is 0.381 e. The van der Waals surface area contributed by atoms with E-state index >= 15 is 0 Å². The van der Waals surface area contributed by atoms with Crippen molar-refractivity contribution in [2.24, 2.45) is 0 Å². The van der Waals surface area contributed by atoms with Gasteiger partial charge in [0.05, 0.1) is 30.9 Å². The predicted molar refractivity (Wildman–Crippen MR) is 93.9 cm³/mol. The average Bonchev–Trinajstić information content (AvgIpc) is 3.09. The zero-order valence-corrected chi connectivity index (χ0v) is 15.1. The molecule has 1 spiro atoms. The molecule has 1 N–H and O–H groups in total. The van der Waals surface area contributed by atoms with Gasteiger partial charge in [-0.25, -0.2) is 4.79 Å². The van der Waals surface area contributed by atoms with Crippen molar-refractivity contribution in [2.45, 2.75) is 43.4 Å². The van der Waals surface area contributed by atoms with Crippen LogP contribution >= 0.6 is 0 Å². The van der Waals surface area contributed by atoms with E-state index in [1.165, 1.54) is 0 Å². The first-order chi connectivity index (χ1) is 12.8. The Balaban J connectivity index is 1.42. The molecule has 3 aliphatic rings. The summed E-state index contributed by atoms with van der Waals surface area (Å²) in [5, 5.41) is 7.57. The van der Waals surface area contributed by atoms with Crippen molar-refractivity contribution < 1.29 is 19.0 Å². The van der Waals surface area contributed by atoms with Crippen LogP contribution in [0.15, 0.2) is 18.5 Å². The molecule has 0 aromatic carbocycles. The van der Waals surface area contributed by atoms with Gasteiger partial charge in [0.2, 0.25) is 0 Å². The molecule has 2 atom stereocenters. The fourth-order valence-electron chi connectivity index (χ4n) is 4.21. The summed E-state index contributed by atoms with van der Waals surface area (Å²) in [6.45, 7) is 4.47. The highest BCUT2D eigenvalue weighted by Crippen LogP contribution is 2.34. The number of rotatable bonds is 2. The van der Waals surface area contributed by atoms with Gasteiger partial charge in [-0.2, -0.15) is 5.10 Å². The number of ether oxygens (including phenoxy) is 3. The fourth-order valence-corrected chi connectivity index (χ4v) is 4.21. The summed E-state index contributed by atoms with van der Waals surface area (Å²) in [6, 6.07) is 1.94. The Hall–Kier alpha value is -1.64. The van der Waals surface area contributed by atoms with Crippen molar-refractivity contribution in [3.63, 3.8) is 0 Å². The fraction of sp³-hybridized carbons (Fsp3) is 0.778. The van der Waals surface area contributed by atoms with Gasteiger partial charge in [-0.1, -0.05) is 0 Å². The number of hydrogen-bond acceptors (Lipinski definition) is 5. The summed E-state index contributed by atoms with van der Waals surface area (Å²) in [5.41, 5.74) is -0.268. The Labute approximate surface area is 153 Å². The monoisotopic (exact) mass is 364 g/mol. The van der Waals surface area contributed by atoms with Crippen LogP contribution in [0.4, 0.5) is 4.79 Å². The van der Waals surface area contributed by atoms with Gasteiger partial charge >= 0.3 is 6.03 Å². The lowest BCUT2D eigenvalue weighted by atomic mass is 9.82. The third-order valence-electron chi connectivity index (χ3n) is 5.73. The summed E-state index contributed by atoms with van der Waals surface area (Å²) in [7, 11) is 0. The Bertz CT molecular complexity index is 580. The molecule has 3 aliphatic heterocycles. The number of aromatic nitrogens is 2. The Morgan fingerprint density at radius 3 is 2.88 bits per heavy atom. The molecule has 0 bridgehead atoms. The molecule has 4 heterocycles. The second-order valence-corrected chi connectivity index (χ2v) is 7.33. The summed E-state index contributed by atoms with van der Waals surface area (Å²) in [6.07, 6.45) is 7.30. The van der Waals surface area contributed by atoms with Crippen LogP contribution < -0.4 is 5.32 Å². The van der Waals surface area contributed by atoms with Crippen LogP contribution in [0.1, 0.15) is 31.7 Å². The molecular weight excluding hydrogens is 336 g/mol. The highest BCUT2D eigenvalue weighted by Gasteiger charge is 2.44. The molecular formula is C18H28N4O4. The molecule has 0 radical (unpaired) electrons. The number of carbonyl (C=O) groups is 1. The maximum Gasteiger partial charge on any atom is 0.317 e.